The van der Waals surface area contributed by atoms with E-state index in [0.29, 0.717) is 25.5 Å². The van der Waals surface area contributed by atoms with Gasteiger partial charge in [0.25, 0.3) is 21.6 Å². The fraction of sp³-hybridized carbons (Fsp3) is 0.0833. The van der Waals surface area contributed by atoms with E-state index >= 15 is 0 Å². The first-order valence-corrected chi connectivity index (χ1v) is 12.4. The first-order chi connectivity index (χ1) is 16.5. The second-order valence-corrected chi connectivity index (χ2v) is 10.3. The zero-order chi connectivity index (χ0) is 25.5. The number of ketones is 1. The van der Waals surface area contributed by atoms with Gasteiger partial charge in [-0.25, -0.2) is 8.42 Å². The average molecular weight is 557 g/mol. The van der Waals surface area contributed by atoms with Crippen molar-refractivity contribution < 1.29 is 27.3 Å². The van der Waals surface area contributed by atoms with Crippen molar-refractivity contribution >= 4 is 60.0 Å². The van der Waals surface area contributed by atoms with E-state index in [2.05, 4.69) is 15.9 Å². The molecule has 1 aromatic heterocycles. The highest BCUT2D eigenvalue weighted by atomic mass is 79.9. The molecule has 0 atom stereocenters. The number of nitro benzene ring substituents is 1. The van der Waals surface area contributed by atoms with E-state index in [0.717, 1.165) is 12.1 Å². The summed E-state index contributed by atoms with van der Waals surface area (Å²) in [6.45, 7) is 2.98. The highest BCUT2D eigenvalue weighted by Crippen LogP contribution is 2.33. The Labute approximate surface area is 208 Å². The van der Waals surface area contributed by atoms with Gasteiger partial charge in [0.2, 0.25) is 0 Å². The molecule has 0 bridgehead atoms. The van der Waals surface area contributed by atoms with Gasteiger partial charge < -0.3 is 4.42 Å². The molecule has 4 aromatic rings. The van der Waals surface area contributed by atoms with E-state index in [4.69, 9.17) is 4.42 Å². The van der Waals surface area contributed by atoms with Gasteiger partial charge in [-0.2, -0.15) is 4.31 Å². The van der Waals surface area contributed by atoms with Crippen LogP contribution in [0.1, 0.15) is 33.4 Å². The lowest BCUT2D eigenvalue weighted by atomic mass is 10.1. The van der Waals surface area contributed by atoms with Gasteiger partial charge in [-0.1, -0.05) is 15.9 Å². The number of benzene rings is 3. The van der Waals surface area contributed by atoms with Crippen LogP contribution in [0.4, 0.5) is 11.4 Å². The van der Waals surface area contributed by atoms with Crippen LogP contribution in [0.3, 0.4) is 0 Å². The van der Waals surface area contributed by atoms with E-state index in [1.807, 2.05) is 0 Å². The molecule has 1 heterocycles. The SMILES string of the molecule is CC(=O)c1c(C)oc2ccc(N(C(=O)c3ccc([N+](=O)[O-])cc3)S(=O)(=O)c3ccc(Br)cc3)cc12. The third kappa shape index (κ3) is 4.47. The summed E-state index contributed by atoms with van der Waals surface area (Å²) in [6.07, 6.45) is 0. The van der Waals surface area contributed by atoms with E-state index in [9.17, 15) is 28.1 Å². The summed E-state index contributed by atoms with van der Waals surface area (Å²) in [6, 6.07) is 14.6. The zero-order valence-electron chi connectivity index (χ0n) is 18.4. The van der Waals surface area contributed by atoms with Crippen molar-refractivity contribution in [3.8, 4) is 0 Å². The second-order valence-electron chi connectivity index (χ2n) is 7.60. The molecule has 0 saturated heterocycles. The minimum atomic E-state index is -4.43. The van der Waals surface area contributed by atoms with Crippen molar-refractivity contribution in [1.82, 2.24) is 0 Å². The van der Waals surface area contributed by atoms with E-state index < -0.39 is 20.9 Å². The molecule has 0 fully saturated rings. The normalized spacial score (nSPS) is 11.4. The van der Waals surface area contributed by atoms with Gasteiger partial charge in [-0.3, -0.25) is 19.7 Å². The molecule has 178 valence electrons. The van der Waals surface area contributed by atoms with Crippen LogP contribution in [0, 0.1) is 17.0 Å². The number of amides is 1. The predicted molar refractivity (Wildman–Crippen MR) is 132 cm³/mol. The molecule has 11 heteroatoms. The van der Waals surface area contributed by atoms with Gasteiger partial charge in [0.15, 0.2) is 5.78 Å². The highest BCUT2D eigenvalue weighted by molar-refractivity contribution is 9.10. The maximum absolute atomic E-state index is 13.7. The minimum Gasteiger partial charge on any atom is -0.461 e. The number of nitro groups is 1. The molecule has 3 aromatic carbocycles. The molecule has 4 rings (SSSR count). The predicted octanol–water partition coefficient (Wildman–Crippen LogP) is 5.65. The van der Waals surface area contributed by atoms with Crippen LogP contribution in [0.15, 0.2) is 80.5 Å². The molecular weight excluding hydrogens is 540 g/mol. The van der Waals surface area contributed by atoms with E-state index in [1.165, 1.54) is 61.5 Å². The quantitative estimate of drug-likeness (QED) is 0.170. The Morgan fingerprint density at radius 3 is 2.20 bits per heavy atom. The maximum Gasteiger partial charge on any atom is 0.272 e. The summed E-state index contributed by atoms with van der Waals surface area (Å²) in [7, 11) is -4.43. The van der Waals surface area contributed by atoms with Gasteiger partial charge in [0.05, 0.1) is 21.1 Å². The van der Waals surface area contributed by atoms with Gasteiger partial charge in [0, 0.05) is 27.6 Å². The summed E-state index contributed by atoms with van der Waals surface area (Å²) in [5.74, 6) is -0.831. The van der Waals surface area contributed by atoms with Crippen LogP contribution in [0.2, 0.25) is 0 Å². The Hall–Kier alpha value is -3.83. The van der Waals surface area contributed by atoms with Gasteiger partial charge in [-0.05, 0) is 68.4 Å². The molecule has 9 nitrogen and oxygen atoms in total. The van der Waals surface area contributed by atoms with Crippen LogP contribution in [0.25, 0.3) is 11.0 Å². The zero-order valence-corrected chi connectivity index (χ0v) is 20.8. The number of halogens is 1. The summed E-state index contributed by atoms with van der Waals surface area (Å²) in [5.41, 5.74) is 0.301. The number of aryl methyl sites for hydroxylation is 1. The third-order valence-corrected chi connectivity index (χ3v) is 7.55. The topological polar surface area (TPSA) is 128 Å². The van der Waals surface area contributed by atoms with Crippen LogP contribution in [-0.4, -0.2) is 25.0 Å². The second kappa shape index (κ2) is 9.08. The Kier molecular flexibility index (Phi) is 6.30. The Morgan fingerprint density at radius 2 is 1.63 bits per heavy atom. The van der Waals surface area contributed by atoms with Crippen molar-refractivity contribution in [3.05, 3.63) is 98.2 Å². The summed E-state index contributed by atoms with van der Waals surface area (Å²) in [5, 5.41) is 11.4. The van der Waals surface area contributed by atoms with Crippen LogP contribution >= 0.6 is 15.9 Å². The Morgan fingerprint density at radius 1 is 1.00 bits per heavy atom. The number of hydrogen-bond acceptors (Lipinski definition) is 7. The standard InChI is InChI=1S/C24H17BrN2O7S/c1-14(28)23-15(2)34-22-12-9-19(13-21(22)23)26(35(32,33)20-10-5-17(25)6-11-20)24(29)16-3-7-18(8-4-16)27(30)31/h3-13H,1-2H3. The van der Waals surface area contributed by atoms with E-state index in [1.54, 1.807) is 6.92 Å². The van der Waals surface area contributed by atoms with Crippen molar-refractivity contribution in [3.63, 3.8) is 0 Å². The van der Waals surface area contributed by atoms with Gasteiger partial charge in [-0.15, -0.1) is 0 Å². The number of nitrogens with zero attached hydrogens (tertiary/aromatic N) is 2. The van der Waals surface area contributed by atoms with Gasteiger partial charge in [0.1, 0.15) is 11.3 Å². The summed E-state index contributed by atoms with van der Waals surface area (Å²) >= 11 is 3.26. The van der Waals surface area contributed by atoms with E-state index in [-0.39, 0.29) is 33.2 Å². The lowest BCUT2D eigenvalue weighted by Gasteiger charge is -2.23. The van der Waals surface area contributed by atoms with Gasteiger partial charge >= 0.3 is 0 Å². The molecule has 0 aliphatic rings. The van der Waals surface area contributed by atoms with Crippen molar-refractivity contribution in [2.24, 2.45) is 0 Å². The molecule has 0 radical (unpaired) electrons. The number of furan rings is 1. The molecule has 0 unspecified atom stereocenters. The fourth-order valence-corrected chi connectivity index (χ4v) is 5.36. The smallest absolute Gasteiger partial charge is 0.272 e. The number of anilines is 1. The molecule has 0 N–H and O–H groups in total. The Bertz CT molecular complexity index is 1590. The number of sulfonamides is 1. The third-order valence-electron chi connectivity index (χ3n) is 5.30. The molecular formula is C24H17BrN2O7S. The number of Topliss-reactive ketones (excluding diaryl/α,β-unsaturated/α-hetero) is 1. The number of carbonyl (C=O) groups excluding carboxylic acids is 2. The minimum absolute atomic E-state index is 0.0212. The molecule has 0 aliphatic carbocycles. The number of rotatable bonds is 6. The summed E-state index contributed by atoms with van der Waals surface area (Å²) in [4.78, 5) is 36.0. The highest BCUT2D eigenvalue weighted by Gasteiger charge is 2.33. The number of hydrogen-bond donors (Lipinski definition) is 0. The molecule has 0 spiro atoms. The van der Waals surface area contributed by atoms with Crippen molar-refractivity contribution in [2.45, 2.75) is 18.7 Å². The van der Waals surface area contributed by atoms with Crippen molar-refractivity contribution in [2.75, 3.05) is 4.31 Å². The lowest BCUT2D eigenvalue weighted by molar-refractivity contribution is -0.384. The molecule has 35 heavy (non-hydrogen) atoms. The largest absolute Gasteiger partial charge is 0.461 e. The lowest BCUT2D eigenvalue weighted by Crippen LogP contribution is -2.37. The fourth-order valence-electron chi connectivity index (χ4n) is 3.69. The molecule has 0 saturated carbocycles. The monoisotopic (exact) mass is 556 g/mol. The molecule has 1 amide bonds. The number of carbonyl (C=O) groups is 2. The summed E-state index contributed by atoms with van der Waals surface area (Å²) < 4.78 is 34.2. The average Bonchev–Trinajstić information content (AvgIpc) is 3.14. The van der Waals surface area contributed by atoms with Crippen molar-refractivity contribution in [1.29, 1.82) is 0 Å². The van der Waals surface area contributed by atoms with Crippen LogP contribution in [0.5, 0.6) is 0 Å². The van der Waals surface area contributed by atoms with Crippen LogP contribution < -0.4 is 4.31 Å². The number of fused-ring (bicyclic) bond motifs is 1. The first kappa shape index (κ1) is 24.3. The maximum atomic E-state index is 13.7. The number of non-ortho nitro benzene ring substituents is 1. The first-order valence-electron chi connectivity index (χ1n) is 10.1. The van der Waals surface area contributed by atoms with Crippen LogP contribution in [-0.2, 0) is 10.0 Å². The Balaban J connectivity index is 1.93. The molecule has 0 aliphatic heterocycles.